The summed E-state index contributed by atoms with van der Waals surface area (Å²) in [5.74, 6) is -0.750. The van der Waals surface area contributed by atoms with Crippen LogP contribution in [-0.4, -0.2) is 16.1 Å². The van der Waals surface area contributed by atoms with Gasteiger partial charge in [-0.25, -0.2) is 9.78 Å². The van der Waals surface area contributed by atoms with Crippen molar-refractivity contribution in [3.63, 3.8) is 0 Å². The van der Waals surface area contributed by atoms with E-state index in [0.29, 0.717) is 16.3 Å². The Morgan fingerprint density at radius 2 is 2.00 bits per heavy atom. The smallest absolute Gasteiger partial charge is 0.416 e. The average molecular weight is 313 g/mol. The zero-order valence-corrected chi connectivity index (χ0v) is 11.4. The van der Waals surface area contributed by atoms with E-state index in [2.05, 4.69) is 4.98 Å². The SMILES string of the molecule is O=C(O)c1ccc(SCc2cccc(C(F)(F)F)c2)nc1. The van der Waals surface area contributed by atoms with E-state index in [1.54, 1.807) is 6.07 Å². The molecule has 7 heteroatoms. The highest BCUT2D eigenvalue weighted by atomic mass is 32.2. The summed E-state index contributed by atoms with van der Waals surface area (Å²) in [6.45, 7) is 0. The Bertz CT molecular complexity index is 641. The van der Waals surface area contributed by atoms with Gasteiger partial charge in [0.25, 0.3) is 0 Å². The fourth-order valence-corrected chi connectivity index (χ4v) is 2.37. The van der Waals surface area contributed by atoms with Gasteiger partial charge in [-0.15, -0.1) is 11.8 Å². The molecule has 3 nitrogen and oxygen atoms in total. The van der Waals surface area contributed by atoms with E-state index >= 15 is 0 Å². The molecule has 21 heavy (non-hydrogen) atoms. The molecule has 0 spiro atoms. The number of carbonyl (C=O) groups is 1. The van der Waals surface area contributed by atoms with Gasteiger partial charge in [-0.2, -0.15) is 13.2 Å². The van der Waals surface area contributed by atoms with Crippen molar-refractivity contribution >= 4 is 17.7 Å². The molecule has 0 aliphatic carbocycles. The van der Waals surface area contributed by atoms with Gasteiger partial charge in [0.2, 0.25) is 0 Å². The second-order valence-electron chi connectivity index (χ2n) is 4.18. The quantitative estimate of drug-likeness (QED) is 0.864. The first-order chi connectivity index (χ1) is 9.86. The van der Waals surface area contributed by atoms with E-state index in [1.165, 1.54) is 36.2 Å². The van der Waals surface area contributed by atoms with Gasteiger partial charge in [0.05, 0.1) is 16.2 Å². The van der Waals surface area contributed by atoms with Crippen molar-refractivity contribution in [1.82, 2.24) is 4.98 Å². The number of carboxylic acid groups (broad SMARTS) is 1. The van der Waals surface area contributed by atoms with Crippen LogP contribution in [0, 0.1) is 0 Å². The number of nitrogens with zero attached hydrogens (tertiary/aromatic N) is 1. The summed E-state index contributed by atoms with van der Waals surface area (Å²) in [5, 5.41) is 9.29. The molecule has 2 rings (SSSR count). The number of aromatic nitrogens is 1. The van der Waals surface area contributed by atoms with Gasteiger partial charge < -0.3 is 5.11 Å². The number of hydrogen-bond acceptors (Lipinski definition) is 3. The fraction of sp³-hybridized carbons (Fsp3) is 0.143. The van der Waals surface area contributed by atoms with Crippen LogP contribution in [0.25, 0.3) is 0 Å². The lowest BCUT2D eigenvalue weighted by Crippen LogP contribution is -2.04. The molecular weight excluding hydrogens is 303 g/mol. The molecule has 0 aliphatic rings. The number of pyridine rings is 1. The average Bonchev–Trinajstić information content (AvgIpc) is 2.45. The maximum absolute atomic E-state index is 12.6. The van der Waals surface area contributed by atoms with Crippen molar-refractivity contribution in [3.8, 4) is 0 Å². The third-order valence-electron chi connectivity index (χ3n) is 2.62. The van der Waals surface area contributed by atoms with Crippen LogP contribution in [-0.2, 0) is 11.9 Å². The maximum atomic E-state index is 12.6. The van der Waals surface area contributed by atoms with Crippen molar-refractivity contribution in [2.24, 2.45) is 0 Å². The summed E-state index contributed by atoms with van der Waals surface area (Å²) < 4.78 is 37.7. The number of benzene rings is 1. The highest BCUT2D eigenvalue weighted by molar-refractivity contribution is 7.98. The summed E-state index contributed by atoms with van der Waals surface area (Å²) in [6.07, 6.45) is -3.14. The number of thioether (sulfide) groups is 1. The maximum Gasteiger partial charge on any atom is 0.416 e. The third kappa shape index (κ3) is 4.22. The normalized spacial score (nSPS) is 11.4. The van der Waals surface area contributed by atoms with Crippen molar-refractivity contribution < 1.29 is 23.1 Å². The van der Waals surface area contributed by atoms with Gasteiger partial charge in [0.1, 0.15) is 0 Å². The van der Waals surface area contributed by atoms with Crippen LogP contribution in [0.5, 0.6) is 0 Å². The molecule has 1 aromatic heterocycles. The molecule has 1 N–H and O–H groups in total. The van der Waals surface area contributed by atoms with Gasteiger partial charge in [-0.1, -0.05) is 18.2 Å². The van der Waals surface area contributed by atoms with E-state index < -0.39 is 17.7 Å². The van der Waals surface area contributed by atoms with Gasteiger partial charge in [0, 0.05) is 11.9 Å². The second kappa shape index (κ2) is 6.17. The van der Waals surface area contributed by atoms with Crippen molar-refractivity contribution in [3.05, 3.63) is 59.3 Å². The van der Waals surface area contributed by atoms with Crippen molar-refractivity contribution in [2.75, 3.05) is 0 Å². The molecule has 0 fully saturated rings. The first-order valence-electron chi connectivity index (χ1n) is 5.84. The van der Waals surface area contributed by atoms with Crippen LogP contribution < -0.4 is 0 Å². The first-order valence-corrected chi connectivity index (χ1v) is 6.83. The highest BCUT2D eigenvalue weighted by Crippen LogP contribution is 2.30. The zero-order chi connectivity index (χ0) is 15.5. The molecule has 0 atom stereocenters. The Hall–Kier alpha value is -2.02. The van der Waals surface area contributed by atoms with E-state index in [9.17, 15) is 18.0 Å². The van der Waals surface area contributed by atoms with Crippen LogP contribution >= 0.6 is 11.8 Å². The van der Waals surface area contributed by atoms with Gasteiger partial charge >= 0.3 is 12.1 Å². The molecule has 0 aliphatic heterocycles. The Kier molecular flexibility index (Phi) is 4.52. The number of aromatic carboxylic acids is 1. The lowest BCUT2D eigenvalue weighted by atomic mass is 10.1. The molecule has 0 saturated heterocycles. The third-order valence-corrected chi connectivity index (χ3v) is 3.64. The number of hydrogen-bond donors (Lipinski definition) is 1. The predicted octanol–water partition coefficient (Wildman–Crippen LogP) is 4.09. The molecule has 0 radical (unpaired) electrons. The lowest BCUT2D eigenvalue weighted by molar-refractivity contribution is -0.137. The predicted molar refractivity (Wildman–Crippen MR) is 72.2 cm³/mol. The topological polar surface area (TPSA) is 50.2 Å². The fourth-order valence-electron chi connectivity index (χ4n) is 1.59. The number of rotatable bonds is 4. The summed E-state index contributed by atoms with van der Waals surface area (Å²) in [4.78, 5) is 14.6. The molecule has 1 heterocycles. The Morgan fingerprint density at radius 3 is 2.57 bits per heavy atom. The van der Waals surface area contributed by atoms with E-state index in [-0.39, 0.29) is 5.56 Å². The molecule has 110 valence electrons. The van der Waals surface area contributed by atoms with Gasteiger partial charge in [0.15, 0.2) is 0 Å². The summed E-state index contributed by atoms with van der Waals surface area (Å²) in [7, 11) is 0. The summed E-state index contributed by atoms with van der Waals surface area (Å²) in [6, 6.07) is 8.02. The van der Waals surface area contributed by atoms with Crippen LogP contribution in [0.1, 0.15) is 21.5 Å². The second-order valence-corrected chi connectivity index (χ2v) is 5.17. The van der Waals surface area contributed by atoms with Gasteiger partial charge in [-0.05, 0) is 23.8 Å². The first kappa shape index (κ1) is 15.4. The van der Waals surface area contributed by atoms with Crippen molar-refractivity contribution in [1.29, 1.82) is 0 Å². The summed E-state index contributed by atoms with van der Waals surface area (Å²) >= 11 is 1.24. The molecule has 2 aromatic rings. The lowest BCUT2D eigenvalue weighted by Gasteiger charge is -2.08. The molecular formula is C14H10F3NO2S. The van der Waals surface area contributed by atoms with Crippen LogP contribution in [0.2, 0.25) is 0 Å². The minimum atomic E-state index is -4.36. The molecule has 0 bridgehead atoms. The largest absolute Gasteiger partial charge is 0.478 e. The number of halogens is 3. The van der Waals surface area contributed by atoms with Crippen LogP contribution in [0.3, 0.4) is 0 Å². The van der Waals surface area contributed by atoms with Crippen molar-refractivity contribution in [2.45, 2.75) is 17.0 Å². The van der Waals surface area contributed by atoms with E-state index in [4.69, 9.17) is 5.11 Å². The number of alkyl halides is 3. The molecule has 1 aromatic carbocycles. The molecule has 0 saturated carbocycles. The highest BCUT2D eigenvalue weighted by Gasteiger charge is 2.30. The van der Waals surface area contributed by atoms with Crippen LogP contribution in [0.4, 0.5) is 13.2 Å². The monoisotopic (exact) mass is 313 g/mol. The minimum Gasteiger partial charge on any atom is -0.478 e. The Morgan fingerprint density at radius 1 is 1.24 bits per heavy atom. The Labute approximate surface area is 122 Å². The van der Waals surface area contributed by atoms with Crippen LogP contribution in [0.15, 0.2) is 47.6 Å². The Balaban J connectivity index is 2.04. The van der Waals surface area contributed by atoms with Gasteiger partial charge in [-0.3, -0.25) is 0 Å². The summed E-state index contributed by atoms with van der Waals surface area (Å²) in [5.41, 5.74) is -0.0906. The minimum absolute atomic E-state index is 0.0680. The molecule has 0 unspecified atom stereocenters. The van der Waals surface area contributed by atoms with E-state index in [0.717, 1.165) is 12.1 Å². The number of carboxylic acids is 1. The molecule has 0 amide bonds. The zero-order valence-electron chi connectivity index (χ0n) is 10.6. The van der Waals surface area contributed by atoms with E-state index in [1.807, 2.05) is 0 Å². The standard InChI is InChI=1S/C14H10F3NO2S/c15-14(16,17)11-3-1-2-9(6-11)8-21-12-5-4-10(7-18-12)13(19)20/h1-7H,8H2,(H,19,20).